The number of carbonyl (C=O) groups excluding carboxylic acids is 1. The summed E-state index contributed by atoms with van der Waals surface area (Å²) >= 11 is 0. The van der Waals surface area contributed by atoms with E-state index in [2.05, 4.69) is 10.4 Å². The van der Waals surface area contributed by atoms with Gasteiger partial charge in [0.05, 0.1) is 23.1 Å². The highest BCUT2D eigenvalue weighted by Crippen LogP contribution is 2.14. The smallest absolute Gasteiger partial charge is 0.326 e. The van der Waals surface area contributed by atoms with Crippen molar-refractivity contribution < 1.29 is 14.7 Å². The van der Waals surface area contributed by atoms with E-state index < -0.39 is 17.9 Å². The molecule has 2 rings (SSSR count). The Morgan fingerprint density at radius 1 is 1.30 bits per heavy atom. The Labute approximate surface area is 135 Å². The van der Waals surface area contributed by atoms with E-state index in [0.717, 1.165) is 18.5 Å². The molecule has 0 saturated carbocycles. The van der Waals surface area contributed by atoms with Gasteiger partial charge in [-0.3, -0.25) is 4.79 Å². The number of unbranched alkanes of at least 4 members (excludes halogenated alkanes) is 1. The molecule has 1 amide bonds. The van der Waals surface area contributed by atoms with Crippen LogP contribution in [0.1, 0.15) is 42.2 Å². The molecule has 1 heterocycles. The van der Waals surface area contributed by atoms with Crippen LogP contribution in [0.4, 0.5) is 0 Å². The van der Waals surface area contributed by atoms with Crippen molar-refractivity contribution in [3.8, 4) is 5.69 Å². The van der Waals surface area contributed by atoms with Crippen LogP contribution in [-0.4, -0.2) is 32.8 Å². The van der Waals surface area contributed by atoms with Gasteiger partial charge in [0, 0.05) is 0 Å². The number of nitrogens with zero attached hydrogens (tertiary/aromatic N) is 2. The molecule has 0 aliphatic carbocycles. The Bertz CT molecular complexity index is 680. The molecular weight excluding hydrogens is 294 g/mol. The number of aliphatic carboxylic acids is 1. The number of benzene rings is 1. The van der Waals surface area contributed by atoms with Crippen LogP contribution in [0.3, 0.4) is 0 Å². The predicted molar refractivity (Wildman–Crippen MR) is 86.7 cm³/mol. The zero-order chi connectivity index (χ0) is 16.8. The third kappa shape index (κ3) is 3.97. The van der Waals surface area contributed by atoms with Gasteiger partial charge in [-0.15, -0.1) is 0 Å². The van der Waals surface area contributed by atoms with Crippen LogP contribution in [0.25, 0.3) is 5.69 Å². The number of aromatic nitrogens is 2. The first-order chi connectivity index (χ1) is 11.0. The van der Waals surface area contributed by atoms with E-state index in [1.165, 1.54) is 6.20 Å². The molecule has 0 saturated heterocycles. The van der Waals surface area contributed by atoms with Gasteiger partial charge in [0.2, 0.25) is 0 Å². The van der Waals surface area contributed by atoms with Crippen molar-refractivity contribution in [2.75, 3.05) is 0 Å². The Morgan fingerprint density at radius 3 is 2.61 bits per heavy atom. The lowest BCUT2D eigenvalue weighted by Gasteiger charge is -2.14. The second kappa shape index (κ2) is 7.58. The summed E-state index contributed by atoms with van der Waals surface area (Å²) in [5, 5.41) is 16.0. The van der Waals surface area contributed by atoms with E-state index in [4.69, 9.17) is 0 Å². The number of hydrogen-bond acceptors (Lipinski definition) is 3. The highest BCUT2D eigenvalue weighted by Gasteiger charge is 2.22. The van der Waals surface area contributed by atoms with Gasteiger partial charge in [0.1, 0.15) is 6.04 Å². The molecule has 2 aromatic rings. The fourth-order valence-corrected chi connectivity index (χ4v) is 2.36. The normalized spacial score (nSPS) is 11.9. The maximum atomic E-state index is 12.4. The van der Waals surface area contributed by atoms with Crippen molar-refractivity contribution in [2.45, 2.75) is 39.2 Å². The van der Waals surface area contributed by atoms with Crippen LogP contribution < -0.4 is 5.32 Å². The summed E-state index contributed by atoms with van der Waals surface area (Å²) in [6.45, 7) is 3.77. The molecular formula is C17H21N3O3. The lowest BCUT2D eigenvalue weighted by molar-refractivity contribution is -0.139. The molecule has 0 unspecified atom stereocenters. The number of para-hydroxylation sites is 1. The van der Waals surface area contributed by atoms with E-state index in [1.54, 1.807) is 11.6 Å². The van der Waals surface area contributed by atoms with Gasteiger partial charge in [0.15, 0.2) is 0 Å². The second-order valence-corrected chi connectivity index (χ2v) is 5.40. The Hall–Kier alpha value is -2.63. The summed E-state index contributed by atoms with van der Waals surface area (Å²) in [4.78, 5) is 23.6. The molecule has 6 nitrogen and oxygen atoms in total. The fourth-order valence-electron chi connectivity index (χ4n) is 2.36. The van der Waals surface area contributed by atoms with Crippen molar-refractivity contribution in [1.29, 1.82) is 0 Å². The molecule has 0 bridgehead atoms. The van der Waals surface area contributed by atoms with E-state index in [1.807, 2.05) is 37.3 Å². The minimum absolute atomic E-state index is 0.386. The number of nitrogens with one attached hydrogen (secondary N) is 1. The molecule has 0 radical (unpaired) electrons. The first kappa shape index (κ1) is 16.7. The summed E-state index contributed by atoms with van der Waals surface area (Å²) in [6.07, 6.45) is 3.52. The Morgan fingerprint density at radius 2 is 2.00 bits per heavy atom. The molecule has 0 aliphatic rings. The van der Waals surface area contributed by atoms with Crippen molar-refractivity contribution in [3.63, 3.8) is 0 Å². The van der Waals surface area contributed by atoms with E-state index in [-0.39, 0.29) is 0 Å². The average Bonchev–Trinajstić information content (AvgIpc) is 2.93. The number of amides is 1. The highest BCUT2D eigenvalue weighted by molar-refractivity contribution is 5.97. The SMILES string of the molecule is CCCC[C@H](NC(=O)c1cnn(-c2ccccc2)c1C)C(=O)O. The van der Waals surface area contributed by atoms with Gasteiger partial charge in [-0.1, -0.05) is 38.0 Å². The molecule has 0 fully saturated rings. The van der Waals surface area contributed by atoms with Gasteiger partial charge in [-0.05, 0) is 25.5 Å². The highest BCUT2D eigenvalue weighted by atomic mass is 16.4. The third-order valence-corrected chi connectivity index (χ3v) is 3.70. The topological polar surface area (TPSA) is 84.2 Å². The van der Waals surface area contributed by atoms with Crippen LogP contribution in [-0.2, 0) is 4.79 Å². The van der Waals surface area contributed by atoms with Gasteiger partial charge in [-0.25, -0.2) is 9.48 Å². The van der Waals surface area contributed by atoms with Gasteiger partial charge in [-0.2, -0.15) is 5.10 Å². The van der Waals surface area contributed by atoms with Crippen LogP contribution in [0.2, 0.25) is 0 Å². The van der Waals surface area contributed by atoms with Crippen molar-refractivity contribution in [1.82, 2.24) is 15.1 Å². The first-order valence-corrected chi connectivity index (χ1v) is 7.68. The summed E-state index contributed by atoms with van der Waals surface area (Å²) in [5.74, 6) is -1.42. The second-order valence-electron chi connectivity index (χ2n) is 5.40. The minimum atomic E-state index is -1.01. The first-order valence-electron chi connectivity index (χ1n) is 7.68. The third-order valence-electron chi connectivity index (χ3n) is 3.70. The molecule has 122 valence electrons. The summed E-state index contributed by atoms with van der Waals surface area (Å²) in [7, 11) is 0. The zero-order valence-electron chi connectivity index (χ0n) is 13.3. The minimum Gasteiger partial charge on any atom is -0.480 e. The number of carboxylic acids is 1. The van der Waals surface area contributed by atoms with Crippen LogP contribution in [0.15, 0.2) is 36.5 Å². The van der Waals surface area contributed by atoms with E-state index in [9.17, 15) is 14.7 Å². The molecule has 0 spiro atoms. The quantitative estimate of drug-likeness (QED) is 0.822. The summed E-state index contributed by atoms with van der Waals surface area (Å²) < 4.78 is 1.66. The maximum Gasteiger partial charge on any atom is 0.326 e. The molecule has 1 aromatic carbocycles. The largest absolute Gasteiger partial charge is 0.480 e. The number of carbonyl (C=O) groups is 2. The lowest BCUT2D eigenvalue weighted by atomic mass is 10.1. The van der Waals surface area contributed by atoms with E-state index >= 15 is 0 Å². The summed E-state index contributed by atoms with van der Waals surface area (Å²) in [6, 6.07) is 8.59. The van der Waals surface area contributed by atoms with Gasteiger partial charge >= 0.3 is 5.97 Å². The molecule has 23 heavy (non-hydrogen) atoms. The van der Waals surface area contributed by atoms with Crippen LogP contribution in [0.5, 0.6) is 0 Å². The molecule has 6 heteroatoms. The van der Waals surface area contributed by atoms with Crippen molar-refractivity contribution in [3.05, 3.63) is 47.8 Å². The van der Waals surface area contributed by atoms with Crippen molar-refractivity contribution in [2.24, 2.45) is 0 Å². The van der Waals surface area contributed by atoms with Crippen LogP contribution in [0, 0.1) is 6.92 Å². The summed E-state index contributed by atoms with van der Waals surface area (Å²) in [5.41, 5.74) is 1.91. The maximum absolute atomic E-state index is 12.4. The monoisotopic (exact) mass is 315 g/mol. The Kier molecular flexibility index (Phi) is 5.51. The number of rotatable bonds is 7. The van der Waals surface area contributed by atoms with Crippen LogP contribution >= 0.6 is 0 Å². The Balaban J connectivity index is 2.17. The predicted octanol–water partition coefficient (Wildman–Crippen LogP) is 2.55. The van der Waals surface area contributed by atoms with Gasteiger partial charge in [0.25, 0.3) is 5.91 Å². The van der Waals surface area contributed by atoms with Gasteiger partial charge < -0.3 is 10.4 Å². The zero-order valence-corrected chi connectivity index (χ0v) is 13.3. The lowest BCUT2D eigenvalue weighted by Crippen LogP contribution is -2.40. The van der Waals surface area contributed by atoms with E-state index in [0.29, 0.717) is 17.7 Å². The number of hydrogen-bond donors (Lipinski definition) is 2. The molecule has 1 atom stereocenters. The fraction of sp³-hybridized carbons (Fsp3) is 0.353. The average molecular weight is 315 g/mol. The molecule has 2 N–H and O–H groups in total. The molecule has 1 aromatic heterocycles. The molecule has 0 aliphatic heterocycles. The number of carboxylic acid groups (broad SMARTS) is 1. The standard InChI is InChI=1S/C17H21N3O3/c1-3-4-10-15(17(22)23)19-16(21)14-11-18-20(12(14)2)13-8-6-5-7-9-13/h5-9,11,15H,3-4,10H2,1-2H3,(H,19,21)(H,22,23)/t15-/m0/s1. The van der Waals surface area contributed by atoms with Crippen molar-refractivity contribution >= 4 is 11.9 Å².